The third-order valence-corrected chi connectivity index (χ3v) is 7.92. The van der Waals surface area contributed by atoms with Gasteiger partial charge >= 0.3 is 11.9 Å². The molecule has 11 heteroatoms. The average molecular weight is 589 g/mol. The Hall–Kier alpha value is -2.83. The van der Waals surface area contributed by atoms with Crippen molar-refractivity contribution in [1.29, 1.82) is 0 Å². The van der Waals surface area contributed by atoms with Crippen molar-refractivity contribution in [3.8, 4) is 11.5 Å². The van der Waals surface area contributed by atoms with Gasteiger partial charge in [-0.15, -0.1) is 0 Å². The van der Waals surface area contributed by atoms with E-state index in [9.17, 15) is 19.8 Å². The molecule has 41 heavy (non-hydrogen) atoms. The first kappa shape index (κ1) is 31.1. The number of aliphatic hydroxyl groups excluding tert-OH is 2. The van der Waals surface area contributed by atoms with Crippen LogP contribution in [0.15, 0.2) is 47.4 Å². The summed E-state index contributed by atoms with van der Waals surface area (Å²) in [5, 5.41) is 23.5. The minimum absolute atomic E-state index is 0.0957. The van der Waals surface area contributed by atoms with Crippen LogP contribution in [0, 0.1) is 5.92 Å². The molecule has 0 spiro atoms. The monoisotopic (exact) mass is 588 g/mol. The third-order valence-electron chi connectivity index (χ3n) is 7.05. The normalized spacial score (nSPS) is 21.2. The minimum Gasteiger partial charge on any atom is -0.454 e. The summed E-state index contributed by atoms with van der Waals surface area (Å²) >= 11 is 1.14. The molecule has 3 atom stereocenters. The van der Waals surface area contributed by atoms with Crippen molar-refractivity contribution in [3.05, 3.63) is 48.0 Å². The lowest BCUT2D eigenvalue weighted by Crippen LogP contribution is -2.47. The zero-order valence-corrected chi connectivity index (χ0v) is 24.2. The van der Waals surface area contributed by atoms with Crippen LogP contribution in [-0.2, 0) is 19.0 Å². The molecule has 10 nitrogen and oxygen atoms in total. The van der Waals surface area contributed by atoms with E-state index in [1.807, 2.05) is 30.3 Å². The van der Waals surface area contributed by atoms with Crippen LogP contribution in [0.3, 0.4) is 0 Å². The van der Waals surface area contributed by atoms with E-state index < -0.39 is 31.2 Å². The second-order valence-electron chi connectivity index (χ2n) is 10.3. The lowest BCUT2D eigenvalue weighted by Gasteiger charge is -2.31. The maximum Gasteiger partial charge on any atom is 0.341 e. The molecule has 0 amide bonds. The van der Waals surface area contributed by atoms with E-state index in [4.69, 9.17) is 18.9 Å². The van der Waals surface area contributed by atoms with Gasteiger partial charge in [-0.3, -0.25) is 4.79 Å². The molecule has 0 radical (unpaired) electrons. The highest BCUT2D eigenvalue weighted by Crippen LogP contribution is 2.40. The first-order chi connectivity index (χ1) is 19.9. The van der Waals surface area contributed by atoms with Crippen molar-refractivity contribution in [2.24, 2.45) is 5.92 Å². The number of unbranched alkanes of at least 4 members (excludes halogenated alkanes) is 1. The number of anilines is 1. The Labute approximate surface area is 245 Å². The Morgan fingerprint density at radius 1 is 1.07 bits per heavy atom. The molecule has 1 aliphatic heterocycles. The number of benzene rings is 2. The van der Waals surface area contributed by atoms with E-state index in [-0.39, 0.29) is 30.5 Å². The molecular formula is C30H40N2O8S. The fourth-order valence-corrected chi connectivity index (χ4v) is 5.65. The number of carbonyl (C=O) groups excluding carboxylic acids is 2. The van der Waals surface area contributed by atoms with Gasteiger partial charge in [0.25, 0.3) is 0 Å². The molecule has 0 aromatic heterocycles. The average Bonchev–Trinajstić information content (AvgIpc) is 2.98. The summed E-state index contributed by atoms with van der Waals surface area (Å²) in [4.78, 5) is 26.0. The zero-order valence-electron chi connectivity index (χ0n) is 23.4. The Morgan fingerprint density at radius 2 is 1.85 bits per heavy atom. The lowest BCUT2D eigenvalue weighted by molar-refractivity contribution is -0.158. The van der Waals surface area contributed by atoms with Crippen LogP contribution in [0.25, 0.3) is 0 Å². The van der Waals surface area contributed by atoms with Crippen molar-refractivity contribution in [2.45, 2.75) is 81.6 Å². The Balaban J connectivity index is 1.54. The Morgan fingerprint density at radius 3 is 2.59 bits per heavy atom. The topological polar surface area (TPSA) is 136 Å². The number of aliphatic hydroxyl groups is 2. The summed E-state index contributed by atoms with van der Waals surface area (Å²) in [6.45, 7) is 2.38. The second kappa shape index (κ2) is 16.0. The molecule has 1 saturated carbocycles. The summed E-state index contributed by atoms with van der Waals surface area (Å²) in [5.41, 5.74) is 0.823. The Kier molecular flexibility index (Phi) is 12.1. The molecule has 1 saturated heterocycles. The van der Waals surface area contributed by atoms with E-state index >= 15 is 0 Å². The number of hydrogen-bond donors (Lipinski definition) is 4. The maximum absolute atomic E-state index is 13.1. The highest BCUT2D eigenvalue weighted by molar-refractivity contribution is 7.97. The molecule has 2 aromatic rings. The van der Waals surface area contributed by atoms with Crippen LogP contribution in [0.1, 0.15) is 68.6 Å². The van der Waals surface area contributed by atoms with Crippen LogP contribution in [0.2, 0.25) is 0 Å². The molecule has 2 fully saturated rings. The van der Waals surface area contributed by atoms with E-state index in [1.54, 1.807) is 12.1 Å². The van der Waals surface area contributed by atoms with Crippen molar-refractivity contribution in [2.75, 3.05) is 25.3 Å². The molecule has 1 heterocycles. The fourth-order valence-electron chi connectivity index (χ4n) is 4.75. The van der Waals surface area contributed by atoms with Gasteiger partial charge in [-0.05, 0) is 55.5 Å². The molecule has 1 aliphatic carbocycles. The second-order valence-corrected chi connectivity index (χ2v) is 11.2. The lowest BCUT2D eigenvalue weighted by atomic mass is 9.89. The number of nitrogens with one attached hydrogen (secondary N) is 2. The number of hydrogen-bond acceptors (Lipinski definition) is 11. The smallest absolute Gasteiger partial charge is 0.341 e. The van der Waals surface area contributed by atoms with Crippen LogP contribution in [-0.4, -0.2) is 60.5 Å². The highest BCUT2D eigenvalue weighted by atomic mass is 32.2. The largest absolute Gasteiger partial charge is 0.454 e. The van der Waals surface area contributed by atoms with Crippen LogP contribution < -0.4 is 14.8 Å². The summed E-state index contributed by atoms with van der Waals surface area (Å²) < 4.78 is 25.5. The predicted octanol–water partition coefficient (Wildman–Crippen LogP) is 4.99. The van der Waals surface area contributed by atoms with E-state index in [0.717, 1.165) is 56.9 Å². The summed E-state index contributed by atoms with van der Waals surface area (Å²) in [7, 11) is 0. The van der Waals surface area contributed by atoms with Crippen LogP contribution >= 0.6 is 11.9 Å². The van der Waals surface area contributed by atoms with Gasteiger partial charge in [0, 0.05) is 13.0 Å². The van der Waals surface area contributed by atoms with Gasteiger partial charge in [-0.1, -0.05) is 50.8 Å². The van der Waals surface area contributed by atoms with Gasteiger partial charge in [-0.2, -0.15) is 0 Å². The predicted molar refractivity (Wildman–Crippen MR) is 155 cm³/mol. The number of ether oxygens (including phenoxy) is 4. The van der Waals surface area contributed by atoms with Gasteiger partial charge < -0.3 is 34.5 Å². The highest BCUT2D eigenvalue weighted by Gasteiger charge is 2.30. The van der Waals surface area contributed by atoms with E-state index in [0.29, 0.717) is 28.6 Å². The van der Waals surface area contributed by atoms with Gasteiger partial charge in [0.1, 0.15) is 12.0 Å². The first-order valence-corrected chi connectivity index (χ1v) is 15.1. The van der Waals surface area contributed by atoms with Crippen LogP contribution in [0.4, 0.5) is 5.69 Å². The SMILES string of the molecule is CCCCNc1cc(C(=O)OCOC(=O)C2CCCCC2)cc(SNC2OCC(O)CC2O)c1Oc1ccccc1. The summed E-state index contributed by atoms with van der Waals surface area (Å²) in [6, 6.07) is 12.6. The van der Waals surface area contributed by atoms with Gasteiger partial charge in [0.05, 0.1) is 40.9 Å². The molecular weight excluding hydrogens is 548 g/mol. The van der Waals surface area contributed by atoms with Gasteiger partial charge in [0.2, 0.25) is 6.79 Å². The van der Waals surface area contributed by atoms with Crippen molar-refractivity contribution < 1.29 is 38.7 Å². The quantitative estimate of drug-likeness (QED) is 0.109. The zero-order chi connectivity index (χ0) is 29.0. The summed E-state index contributed by atoms with van der Waals surface area (Å²) in [6.07, 6.45) is 4.41. The van der Waals surface area contributed by atoms with Gasteiger partial charge in [-0.25, -0.2) is 9.52 Å². The number of carbonyl (C=O) groups is 2. The van der Waals surface area contributed by atoms with Crippen molar-refractivity contribution in [1.82, 2.24) is 4.72 Å². The van der Waals surface area contributed by atoms with Gasteiger partial charge in [0.15, 0.2) is 5.75 Å². The number of para-hydroxylation sites is 1. The fraction of sp³-hybridized carbons (Fsp3) is 0.533. The van der Waals surface area contributed by atoms with Crippen molar-refractivity contribution >= 4 is 29.6 Å². The van der Waals surface area contributed by atoms with E-state index in [2.05, 4.69) is 17.0 Å². The molecule has 2 aromatic carbocycles. The first-order valence-electron chi connectivity index (χ1n) is 14.3. The third kappa shape index (κ3) is 9.34. The number of esters is 2. The molecule has 224 valence electrons. The molecule has 4 rings (SSSR count). The molecule has 4 N–H and O–H groups in total. The standard InChI is InChI=1S/C30H40N2O8S/c1-2-3-14-31-24-15-21(30(36)39-19-38-29(35)20-10-6-4-7-11-20)16-26(27(24)40-23-12-8-5-9-13-23)41-32-28-25(34)17-22(33)18-37-28/h5,8-9,12-13,15-16,20,22,25,28,31-34H,2-4,6-7,10-11,14,17-19H2,1H3. The minimum atomic E-state index is -0.918. The molecule has 2 aliphatic rings. The maximum atomic E-state index is 13.1. The number of rotatable bonds is 13. The summed E-state index contributed by atoms with van der Waals surface area (Å²) in [5.74, 6) is -0.0306. The van der Waals surface area contributed by atoms with Crippen molar-refractivity contribution in [3.63, 3.8) is 0 Å². The Bertz CT molecular complexity index is 1130. The van der Waals surface area contributed by atoms with Crippen LogP contribution in [0.5, 0.6) is 11.5 Å². The van der Waals surface area contributed by atoms with E-state index in [1.165, 1.54) is 0 Å². The molecule has 0 bridgehead atoms. The molecule has 3 unspecified atom stereocenters.